The molecule has 1 spiro atoms. The van der Waals surface area contributed by atoms with E-state index in [0.717, 1.165) is 45.3 Å². The van der Waals surface area contributed by atoms with Crippen LogP contribution in [-0.2, 0) is 5.41 Å². The monoisotopic (exact) mass is 891 g/mol. The fourth-order valence-electron chi connectivity index (χ4n) is 11.9. The highest BCUT2D eigenvalue weighted by Crippen LogP contribution is 2.65. The molecule has 328 valence electrons. The molecule has 0 saturated heterocycles. The van der Waals surface area contributed by atoms with Crippen molar-refractivity contribution in [2.75, 3.05) is 9.80 Å². The zero-order valence-electron chi connectivity index (χ0n) is 38.3. The summed E-state index contributed by atoms with van der Waals surface area (Å²) in [5.41, 5.74) is 22.2. The number of hydrogen-bond donors (Lipinski definition) is 0. The van der Waals surface area contributed by atoms with Gasteiger partial charge in [0.25, 0.3) is 0 Å². The molecule has 0 amide bonds. The lowest BCUT2D eigenvalue weighted by molar-refractivity contribution is 0.793. The molecule has 1 atom stereocenters. The normalized spacial score (nSPS) is 14.1. The summed E-state index contributed by atoms with van der Waals surface area (Å²) >= 11 is 0. The Labute approximate surface area is 408 Å². The average Bonchev–Trinajstić information content (AvgIpc) is 4.04. The van der Waals surface area contributed by atoms with Crippen molar-refractivity contribution in [1.82, 2.24) is 4.57 Å². The van der Waals surface area contributed by atoms with Gasteiger partial charge in [-0.25, -0.2) is 0 Å². The second-order valence-electron chi connectivity index (χ2n) is 18.4. The van der Waals surface area contributed by atoms with Gasteiger partial charge in [0.05, 0.1) is 22.1 Å². The van der Waals surface area contributed by atoms with Gasteiger partial charge in [0.2, 0.25) is 0 Å². The fraction of sp³-hybridized carbons (Fsp3) is 0.0149. The highest BCUT2D eigenvalue weighted by Gasteiger charge is 2.52. The smallest absolute Gasteiger partial charge is 0.0726 e. The summed E-state index contributed by atoms with van der Waals surface area (Å²) in [4.78, 5) is 4.88. The molecule has 70 heavy (non-hydrogen) atoms. The van der Waals surface area contributed by atoms with Crippen LogP contribution < -0.4 is 9.80 Å². The quantitative estimate of drug-likeness (QED) is 0.151. The van der Waals surface area contributed by atoms with Crippen LogP contribution in [0, 0.1) is 0 Å². The first-order valence-electron chi connectivity index (χ1n) is 24.2. The SMILES string of the molecule is c1ccc(-c2cccc(N(c3ccc4c5ccccc5n(-c5ccccc5)c4c3)c3cccc4c3-c3ccccc3C43c4ccccc4-c4cc(N(c5ccccc5)c5ccccc5)ccc43)c2)cc1. The first-order chi connectivity index (χ1) is 34.8. The lowest BCUT2D eigenvalue weighted by Crippen LogP contribution is -2.26. The molecule has 2 aliphatic carbocycles. The van der Waals surface area contributed by atoms with Crippen molar-refractivity contribution >= 4 is 55.9 Å². The summed E-state index contributed by atoms with van der Waals surface area (Å²) < 4.78 is 2.42. The van der Waals surface area contributed by atoms with Crippen molar-refractivity contribution in [2.24, 2.45) is 0 Å². The van der Waals surface area contributed by atoms with E-state index < -0.39 is 5.41 Å². The maximum atomic E-state index is 2.51. The highest BCUT2D eigenvalue weighted by atomic mass is 15.2. The van der Waals surface area contributed by atoms with Gasteiger partial charge in [-0.1, -0.05) is 188 Å². The third-order valence-corrected chi connectivity index (χ3v) is 14.7. The molecule has 0 bridgehead atoms. The van der Waals surface area contributed by atoms with Gasteiger partial charge in [-0.05, 0) is 135 Å². The number of fused-ring (bicyclic) bond motifs is 13. The van der Waals surface area contributed by atoms with Crippen LogP contribution in [0.5, 0.6) is 0 Å². The van der Waals surface area contributed by atoms with E-state index >= 15 is 0 Å². The number of para-hydroxylation sites is 4. The van der Waals surface area contributed by atoms with Crippen LogP contribution in [0.1, 0.15) is 22.3 Å². The van der Waals surface area contributed by atoms with Gasteiger partial charge in [0, 0.05) is 50.5 Å². The predicted molar refractivity (Wildman–Crippen MR) is 292 cm³/mol. The van der Waals surface area contributed by atoms with Gasteiger partial charge in [-0.3, -0.25) is 0 Å². The van der Waals surface area contributed by atoms with Crippen molar-refractivity contribution in [1.29, 1.82) is 0 Å². The van der Waals surface area contributed by atoms with Crippen molar-refractivity contribution in [3.63, 3.8) is 0 Å². The highest BCUT2D eigenvalue weighted by molar-refractivity contribution is 6.11. The molecule has 0 aliphatic heterocycles. The summed E-state index contributed by atoms with van der Waals surface area (Å²) in [6.07, 6.45) is 0. The molecule has 12 aromatic rings. The van der Waals surface area contributed by atoms with E-state index in [9.17, 15) is 0 Å². The second kappa shape index (κ2) is 16.0. The van der Waals surface area contributed by atoms with Crippen LogP contribution in [0.3, 0.4) is 0 Å². The number of rotatable bonds is 8. The Morgan fingerprint density at radius 2 is 0.800 bits per heavy atom. The summed E-state index contributed by atoms with van der Waals surface area (Å²) in [5, 5.41) is 2.46. The van der Waals surface area contributed by atoms with Gasteiger partial charge >= 0.3 is 0 Å². The number of hydrogen-bond acceptors (Lipinski definition) is 2. The van der Waals surface area contributed by atoms with Crippen LogP contribution in [0.2, 0.25) is 0 Å². The Balaban J connectivity index is 1.03. The van der Waals surface area contributed by atoms with E-state index in [-0.39, 0.29) is 0 Å². The molecule has 0 radical (unpaired) electrons. The third-order valence-electron chi connectivity index (χ3n) is 14.7. The fourth-order valence-corrected chi connectivity index (χ4v) is 11.9. The van der Waals surface area contributed by atoms with E-state index in [1.165, 1.54) is 71.9 Å². The molecule has 2 aliphatic rings. The first-order valence-corrected chi connectivity index (χ1v) is 24.2. The topological polar surface area (TPSA) is 11.4 Å². The zero-order valence-corrected chi connectivity index (χ0v) is 38.3. The van der Waals surface area contributed by atoms with Crippen molar-refractivity contribution in [2.45, 2.75) is 5.41 Å². The minimum Gasteiger partial charge on any atom is -0.310 e. The lowest BCUT2D eigenvalue weighted by Gasteiger charge is -2.32. The van der Waals surface area contributed by atoms with Crippen molar-refractivity contribution < 1.29 is 0 Å². The molecule has 1 aromatic heterocycles. The molecule has 1 unspecified atom stereocenters. The van der Waals surface area contributed by atoms with Crippen molar-refractivity contribution in [3.05, 3.63) is 295 Å². The van der Waals surface area contributed by atoms with Gasteiger partial charge < -0.3 is 14.4 Å². The maximum Gasteiger partial charge on any atom is 0.0726 e. The number of anilines is 6. The maximum absolute atomic E-state index is 2.51. The Kier molecular flexibility index (Phi) is 9.11. The molecular formula is C67H45N3. The molecule has 1 heterocycles. The molecular weight excluding hydrogens is 847 g/mol. The van der Waals surface area contributed by atoms with E-state index in [4.69, 9.17) is 0 Å². The standard InChI is InChI=1S/C67H45N3/c1-5-21-46(22-6-1)47-23-19-30-51(43-47)69(53-39-41-56-55-32-15-18-37-63(55)70(65(56)45-53)50-28-11-4-12-29-50)64-38-20-36-62-66(64)57-33-14-17-35-60(57)67(62)59-34-16-13-31-54(59)58-44-52(40-42-61(58)67)68(48-24-7-2-8-25-48)49-26-9-3-10-27-49/h1-45H. The Morgan fingerprint density at radius 3 is 1.56 bits per heavy atom. The molecule has 0 fully saturated rings. The van der Waals surface area contributed by atoms with Gasteiger partial charge in [0.15, 0.2) is 0 Å². The van der Waals surface area contributed by atoms with Gasteiger partial charge in [-0.2, -0.15) is 0 Å². The van der Waals surface area contributed by atoms with Crippen LogP contribution in [0.4, 0.5) is 34.1 Å². The largest absolute Gasteiger partial charge is 0.310 e. The summed E-state index contributed by atoms with van der Waals surface area (Å²) in [6.45, 7) is 0. The average molecular weight is 892 g/mol. The van der Waals surface area contributed by atoms with E-state index in [2.05, 4.69) is 287 Å². The minimum atomic E-state index is -0.558. The van der Waals surface area contributed by atoms with Gasteiger partial charge in [0.1, 0.15) is 0 Å². The Morgan fingerprint density at radius 1 is 0.286 bits per heavy atom. The zero-order chi connectivity index (χ0) is 46.2. The van der Waals surface area contributed by atoms with Crippen LogP contribution in [-0.4, -0.2) is 4.57 Å². The van der Waals surface area contributed by atoms with E-state index in [1.807, 2.05) is 0 Å². The molecule has 0 N–H and O–H groups in total. The Bertz CT molecular complexity index is 3910. The number of aromatic nitrogens is 1. The number of nitrogens with zero attached hydrogens (tertiary/aromatic N) is 3. The molecule has 0 saturated carbocycles. The lowest BCUT2D eigenvalue weighted by atomic mass is 9.70. The second-order valence-corrected chi connectivity index (χ2v) is 18.4. The van der Waals surface area contributed by atoms with E-state index in [0.29, 0.717) is 0 Å². The van der Waals surface area contributed by atoms with E-state index in [1.54, 1.807) is 0 Å². The molecule has 3 nitrogen and oxygen atoms in total. The summed E-state index contributed by atoms with van der Waals surface area (Å²) in [5.74, 6) is 0. The van der Waals surface area contributed by atoms with Crippen LogP contribution in [0.25, 0.3) is 60.9 Å². The van der Waals surface area contributed by atoms with Crippen LogP contribution >= 0.6 is 0 Å². The number of benzene rings is 11. The molecule has 3 heteroatoms. The third kappa shape index (κ3) is 5.95. The predicted octanol–water partition coefficient (Wildman–Crippen LogP) is 17.7. The van der Waals surface area contributed by atoms with Crippen molar-refractivity contribution in [3.8, 4) is 39.1 Å². The molecule has 14 rings (SSSR count). The molecule has 11 aromatic carbocycles. The van der Waals surface area contributed by atoms with Crippen LogP contribution in [0.15, 0.2) is 273 Å². The first kappa shape index (κ1) is 39.9. The summed E-state index contributed by atoms with van der Waals surface area (Å²) in [7, 11) is 0. The van der Waals surface area contributed by atoms with Gasteiger partial charge in [-0.15, -0.1) is 0 Å². The Hall–Kier alpha value is -9.18. The summed E-state index contributed by atoms with van der Waals surface area (Å²) in [6, 6.07) is 100. The minimum absolute atomic E-state index is 0.558.